The van der Waals surface area contributed by atoms with E-state index in [1.54, 1.807) is 11.3 Å². The Morgan fingerprint density at radius 2 is 1.49 bits per heavy atom. The van der Waals surface area contributed by atoms with E-state index in [0.717, 1.165) is 15.6 Å². The Bertz CT molecular complexity index is 1390. The molecular formula is C27H33N5O3S2. The zero-order valence-electron chi connectivity index (χ0n) is 21.3. The molecule has 3 unspecified atom stereocenters. The molecule has 0 bridgehead atoms. The quantitative estimate of drug-likeness (QED) is 0.229. The summed E-state index contributed by atoms with van der Waals surface area (Å²) in [5.41, 5.74) is 13.8. The first kappa shape index (κ1) is 28.3. The number of benzene rings is 2. The predicted octanol–water partition coefficient (Wildman–Crippen LogP) is 3.37. The Kier molecular flexibility index (Phi) is 9.39. The molecule has 0 saturated heterocycles. The Morgan fingerprint density at radius 3 is 2.08 bits per heavy atom. The lowest BCUT2D eigenvalue weighted by molar-refractivity contribution is -0.131. The molecule has 2 aromatic carbocycles. The number of carbonyl (C=O) groups excluding carboxylic acids is 3. The summed E-state index contributed by atoms with van der Waals surface area (Å²) < 4.78 is 2.48. The van der Waals surface area contributed by atoms with Gasteiger partial charge >= 0.3 is 0 Å². The molecule has 0 aliphatic carbocycles. The second-order valence-electron chi connectivity index (χ2n) is 9.10. The number of aryl methyl sites for hydroxylation is 1. The van der Waals surface area contributed by atoms with Crippen LogP contribution in [-0.2, 0) is 20.8 Å². The van der Waals surface area contributed by atoms with Crippen molar-refractivity contribution in [2.24, 2.45) is 11.5 Å². The fourth-order valence-corrected chi connectivity index (χ4v) is 5.69. The van der Waals surface area contributed by atoms with Crippen LogP contribution in [0.3, 0.4) is 0 Å². The van der Waals surface area contributed by atoms with Gasteiger partial charge in [0, 0.05) is 22.7 Å². The Morgan fingerprint density at radius 1 is 0.919 bits per heavy atom. The van der Waals surface area contributed by atoms with Gasteiger partial charge in [0.1, 0.15) is 6.04 Å². The summed E-state index contributed by atoms with van der Waals surface area (Å²) >= 11 is 3.38. The molecule has 0 fully saturated rings. The number of amides is 3. The first-order chi connectivity index (χ1) is 17.5. The van der Waals surface area contributed by atoms with Crippen molar-refractivity contribution in [3.63, 3.8) is 0 Å². The van der Waals surface area contributed by atoms with Crippen LogP contribution < -0.4 is 27.4 Å². The Labute approximate surface area is 224 Å². The van der Waals surface area contributed by atoms with Gasteiger partial charge in [-0.3, -0.25) is 20.1 Å². The van der Waals surface area contributed by atoms with Crippen molar-refractivity contribution >= 4 is 60.6 Å². The van der Waals surface area contributed by atoms with Gasteiger partial charge in [-0.05, 0) is 65.6 Å². The summed E-state index contributed by atoms with van der Waals surface area (Å²) in [7, 11) is 0. The van der Waals surface area contributed by atoms with Gasteiger partial charge in [-0.1, -0.05) is 36.4 Å². The minimum atomic E-state index is -1.45. The standard InChI is InChI=1S/C18H25N5O3S.C9H8S/c1-10(19)16(25)21-14(17(26)23-18(3,20)22-11(2)24)8-12-9-27-15-7-5-4-6-13(12)15;1-7-6-10-9-5-3-2-4-8(7)9/h4-7,9-10,14H,8,19-20H2,1-3H3,(H,21,25)(H,22,24)(H,23,26);2-6H,1H3. The second kappa shape index (κ2) is 12.3. The zero-order valence-corrected chi connectivity index (χ0v) is 23.0. The van der Waals surface area contributed by atoms with Gasteiger partial charge in [-0.15, -0.1) is 22.7 Å². The lowest BCUT2D eigenvalue weighted by Crippen LogP contribution is -2.67. The van der Waals surface area contributed by atoms with Crippen LogP contribution in [0.25, 0.3) is 20.2 Å². The largest absolute Gasteiger partial charge is 0.343 e. The van der Waals surface area contributed by atoms with Crippen molar-refractivity contribution in [2.75, 3.05) is 0 Å². The van der Waals surface area contributed by atoms with Crippen LogP contribution in [0, 0.1) is 6.92 Å². The van der Waals surface area contributed by atoms with Gasteiger partial charge < -0.3 is 21.7 Å². The molecule has 10 heteroatoms. The van der Waals surface area contributed by atoms with Gasteiger partial charge in [-0.2, -0.15) is 0 Å². The van der Waals surface area contributed by atoms with Crippen LogP contribution >= 0.6 is 22.7 Å². The molecule has 37 heavy (non-hydrogen) atoms. The molecule has 0 spiro atoms. The zero-order chi connectivity index (χ0) is 27.2. The van der Waals surface area contributed by atoms with E-state index in [1.807, 2.05) is 41.0 Å². The smallest absolute Gasteiger partial charge is 0.245 e. The van der Waals surface area contributed by atoms with Crippen molar-refractivity contribution in [2.45, 2.75) is 52.0 Å². The van der Waals surface area contributed by atoms with Gasteiger partial charge in [0.15, 0.2) is 5.79 Å². The molecule has 7 N–H and O–H groups in total. The topological polar surface area (TPSA) is 139 Å². The number of hydrogen-bond donors (Lipinski definition) is 5. The van der Waals surface area contributed by atoms with Gasteiger partial charge in [0.05, 0.1) is 6.04 Å². The lowest BCUT2D eigenvalue weighted by atomic mass is 10.0. The normalized spacial score (nSPS) is 14.1. The first-order valence-electron chi connectivity index (χ1n) is 11.8. The fourth-order valence-electron chi connectivity index (χ4n) is 3.77. The molecule has 2 heterocycles. The third-order valence-corrected chi connectivity index (χ3v) is 7.62. The summed E-state index contributed by atoms with van der Waals surface area (Å²) in [5, 5.41) is 14.2. The van der Waals surface area contributed by atoms with Crippen LogP contribution in [0.15, 0.2) is 59.3 Å². The van der Waals surface area contributed by atoms with Crippen LogP contribution in [-0.4, -0.2) is 35.6 Å². The highest BCUT2D eigenvalue weighted by Crippen LogP contribution is 2.27. The maximum absolute atomic E-state index is 12.8. The maximum Gasteiger partial charge on any atom is 0.245 e. The third kappa shape index (κ3) is 7.83. The van der Waals surface area contributed by atoms with Crippen molar-refractivity contribution in [1.29, 1.82) is 0 Å². The Hall–Kier alpha value is -3.31. The van der Waals surface area contributed by atoms with E-state index < -0.39 is 29.7 Å². The lowest BCUT2D eigenvalue weighted by Gasteiger charge is -2.29. The average Bonchev–Trinajstić information content (AvgIpc) is 3.41. The highest BCUT2D eigenvalue weighted by atomic mass is 32.1. The number of thiophene rings is 2. The summed E-state index contributed by atoms with van der Waals surface area (Å²) in [6.45, 7) is 6.44. The minimum absolute atomic E-state index is 0.268. The molecule has 4 rings (SSSR count). The van der Waals surface area contributed by atoms with E-state index in [2.05, 4.69) is 52.5 Å². The summed E-state index contributed by atoms with van der Waals surface area (Å²) in [6.07, 6.45) is 0.268. The monoisotopic (exact) mass is 539 g/mol. The third-order valence-electron chi connectivity index (χ3n) is 5.52. The van der Waals surface area contributed by atoms with Crippen LogP contribution in [0.4, 0.5) is 0 Å². The molecule has 2 aromatic heterocycles. The number of carbonyl (C=O) groups is 3. The molecule has 0 saturated carbocycles. The van der Waals surface area contributed by atoms with Crippen LogP contribution in [0.1, 0.15) is 31.9 Å². The molecule has 3 amide bonds. The van der Waals surface area contributed by atoms with E-state index in [0.29, 0.717) is 0 Å². The summed E-state index contributed by atoms with van der Waals surface area (Å²) in [6, 6.07) is 14.7. The fraction of sp³-hybridized carbons (Fsp3) is 0.296. The molecule has 3 atom stereocenters. The SMILES string of the molecule is CC(=O)NC(C)(N)NC(=O)C(Cc1csc2ccccc12)NC(=O)C(C)N.Cc1csc2ccccc12. The van der Waals surface area contributed by atoms with E-state index in [-0.39, 0.29) is 12.3 Å². The molecule has 0 radical (unpaired) electrons. The minimum Gasteiger partial charge on any atom is -0.343 e. The first-order valence-corrected chi connectivity index (χ1v) is 13.6. The molecular weight excluding hydrogens is 506 g/mol. The number of fused-ring (bicyclic) bond motifs is 2. The summed E-state index contributed by atoms with van der Waals surface area (Å²) in [4.78, 5) is 36.1. The highest BCUT2D eigenvalue weighted by molar-refractivity contribution is 7.17. The van der Waals surface area contributed by atoms with Crippen LogP contribution in [0.5, 0.6) is 0 Å². The van der Waals surface area contributed by atoms with Crippen LogP contribution in [0.2, 0.25) is 0 Å². The number of nitrogens with one attached hydrogen (secondary N) is 3. The molecule has 196 valence electrons. The second-order valence-corrected chi connectivity index (χ2v) is 10.9. The molecule has 0 aliphatic heterocycles. The Balaban J connectivity index is 0.000000313. The van der Waals surface area contributed by atoms with Crippen molar-refractivity contribution in [1.82, 2.24) is 16.0 Å². The van der Waals surface area contributed by atoms with E-state index in [4.69, 9.17) is 11.5 Å². The number of nitrogens with two attached hydrogens (primary N) is 2. The maximum atomic E-state index is 12.8. The molecule has 8 nitrogen and oxygen atoms in total. The molecule has 0 aliphatic rings. The van der Waals surface area contributed by atoms with E-state index in [1.165, 1.54) is 36.4 Å². The van der Waals surface area contributed by atoms with Crippen molar-refractivity contribution < 1.29 is 14.4 Å². The predicted molar refractivity (Wildman–Crippen MR) is 152 cm³/mol. The average molecular weight is 540 g/mol. The van der Waals surface area contributed by atoms with Gasteiger partial charge in [0.2, 0.25) is 17.7 Å². The van der Waals surface area contributed by atoms with Gasteiger partial charge in [-0.25, -0.2) is 0 Å². The highest BCUT2D eigenvalue weighted by Gasteiger charge is 2.29. The number of hydrogen-bond acceptors (Lipinski definition) is 7. The van der Waals surface area contributed by atoms with Gasteiger partial charge in [0.25, 0.3) is 0 Å². The van der Waals surface area contributed by atoms with Crippen molar-refractivity contribution in [3.8, 4) is 0 Å². The number of rotatable bonds is 7. The van der Waals surface area contributed by atoms with E-state index >= 15 is 0 Å². The molecule has 4 aromatic rings. The van der Waals surface area contributed by atoms with E-state index in [9.17, 15) is 14.4 Å². The van der Waals surface area contributed by atoms with Crippen molar-refractivity contribution in [3.05, 3.63) is 70.4 Å². The summed E-state index contributed by atoms with van der Waals surface area (Å²) in [5.74, 6) is -2.80.